The second-order valence-corrected chi connectivity index (χ2v) is 5.86. The van der Waals surface area contributed by atoms with E-state index in [1.54, 1.807) is 12.1 Å². The largest absolute Gasteiger partial charge is 0.508 e. The van der Waals surface area contributed by atoms with E-state index in [1.807, 2.05) is 0 Å². The smallest absolute Gasteiger partial charge is 0.347 e. The highest BCUT2D eigenvalue weighted by molar-refractivity contribution is 5.77. The third-order valence-electron chi connectivity index (χ3n) is 3.75. The number of carboxylic acids is 1. The third-order valence-corrected chi connectivity index (χ3v) is 3.75. The number of aliphatic carboxylic acids is 1. The molecule has 0 aromatic heterocycles. The monoisotopic (exact) mass is 361 g/mol. The van der Waals surface area contributed by atoms with Crippen LogP contribution < -0.4 is 4.74 Å². The van der Waals surface area contributed by atoms with E-state index >= 15 is 0 Å². The number of benzene rings is 2. The minimum Gasteiger partial charge on any atom is -0.508 e. The minimum absolute atomic E-state index is 0.0304. The standard InChI is InChI=1S/C18H19NO7/c1-18(17(21)22,26-16-7-5-15(20)6-8-16)9-10-25-12-13-3-2-4-14(11-13)19(23)24/h2-8,11,20H,9-10,12H2,1H3,(H,21,22). The van der Waals surface area contributed by atoms with Crippen molar-refractivity contribution in [1.29, 1.82) is 0 Å². The lowest BCUT2D eigenvalue weighted by Crippen LogP contribution is -2.42. The maximum atomic E-state index is 11.6. The van der Waals surface area contributed by atoms with Crippen LogP contribution in [0, 0.1) is 10.1 Å². The Balaban J connectivity index is 1.92. The Bertz CT molecular complexity index is 775. The van der Waals surface area contributed by atoms with Crippen molar-refractivity contribution >= 4 is 11.7 Å². The molecule has 2 N–H and O–H groups in total. The van der Waals surface area contributed by atoms with Crippen molar-refractivity contribution in [3.63, 3.8) is 0 Å². The van der Waals surface area contributed by atoms with Gasteiger partial charge in [0, 0.05) is 18.6 Å². The number of nitrogens with zero attached hydrogens (tertiary/aromatic N) is 1. The molecule has 0 aliphatic heterocycles. The fourth-order valence-corrected chi connectivity index (χ4v) is 2.19. The van der Waals surface area contributed by atoms with Crippen LogP contribution in [0.5, 0.6) is 11.5 Å². The molecule has 2 aromatic rings. The van der Waals surface area contributed by atoms with E-state index in [4.69, 9.17) is 9.47 Å². The van der Waals surface area contributed by atoms with E-state index in [-0.39, 0.29) is 31.1 Å². The highest BCUT2D eigenvalue weighted by atomic mass is 16.6. The number of carbonyl (C=O) groups is 1. The summed E-state index contributed by atoms with van der Waals surface area (Å²) in [4.78, 5) is 21.8. The summed E-state index contributed by atoms with van der Waals surface area (Å²) in [7, 11) is 0. The molecule has 2 aromatic carbocycles. The van der Waals surface area contributed by atoms with Gasteiger partial charge in [-0.3, -0.25) is 10.1 Å². The van der Waals surface area contributed by atoms with Crippen LogP contribution in [0.4, 0.5) is 5.69 Å². The summed E-state index contributed by atoms with van der Waals surface area (Å²) in [5, 5.41) is 29.5. The number of hydrogen-bond acceptors (Lipinski definition) is 6. The summed E-state index contributed by atoms with van der Waals surface area (Å²) < 4.78 is 11.0. The first-order valence-electron chi connectivity index (χ1n) is 7.83. The van der Waals surface area contributed by atoms with Gasteiger partial charge in [0.2, 0.25) is 5.60 Å². The van der Waals surface area contributed by atoms with Crippen LogP contribution in [0.15, 0.2) is 48.5 Å². The van der Waals surface area contributed by atoms with Gasteiger partial charge in [-0.25, -0.2) is 4.79 Å². The Morgan fingerprint density at radius 2 is 1.92 bits per heavy atom. The van der Waals surface area contributed by atoms with Gasteiger partial charge in [-0.15, -0.1) is 0 Å². The van der Waals surface area contributed by atoms with Crippen molar-refractivity contribution in [3.8, 4) is 11.5 Å². The topological polar surface area (TPSA) is 119 Å². The molecule has 0 heterocycles. The summed E-state index contributed by atoms with van der Waals surface area (Å²) >= 11 is 0. The van der Waals surface area contributed by atoms with Crippen LogP contribution in [-0.2, 0) is 16.1 Å². The number of rotatable bonds is 9. The van der Waals surface area contributed by atoms with Crippen molar-refractivity contribution in [2.75, 3.05) is 6.61 Å². The molecule has 0 amide bonds. The number of phenols is 1. The minimum atomic E-state index is -1.51. The Morgan fingerprint density at radius 1 is 1.23 bits per heavy atom. The molecule has 0 aliphatic rings. The predicted octanol–water partition coefficient (Wildman–Crippen LogP) is 3.13. The molecular weight excluding hydrogens is 342 g/mol. The zero-order valence-corrected chi connectivity index (χ0v) is 14.1. The lowest BCUT2D eigenvalue weighted by Gasteiger charge is -2.26. The highest BCUT2D eigenvalue weighted by Crippen LogP contribution is 2.24. The predicted molar refractivity (Wildman–Crippen MR) is 92.1 cm³/mol. The number of ether oxygens (including phenoxy) is 2. The first-order chi connectivity index (χ1) is 12.3. The number of carboxylic acid groups (broad SMARTS) is 1. The first-order valence-corrected chi connectivity index (χ1v) is 7.83. The fraction of sp³-hybridized carbons (Fsp3) is 0.278. The van der Waals surface area contributed by atoms with Gasteiger partial charge in [0.15, 0.2) is 0 Å². The molecule has 0 spiro atoms. The van der Waals surface area contributed by atoms with Crippen molar-refractivity contribution < 1.29 is 29.4 Å². The van der Waals surface area contributed by atoms with E-state index < -0.39 is 16.5 Å². The van der Waals surface area contributed by atoms with E-state index in [9.17, 15) is 25.1 Å². The van der Waals surface area contributed by atoms with Gasteiger partial charge >= 0.3 is 5.97 Å². The van der Waals surface area contributed by atoms with Crippen molar-refractivity contribution in [2.45, 2.75) is 25.6 Å². The van der Waals surface area contributed by atoms with Crippen molar-refractivity contribution in [3.05, 3.63) is 64.2 Å². The Labute approximate surface area is 149 Å². The number of nitro benzene ring substituents is 1. The number of nitro groups is 1. The molecule has 0 bridgehead atoms. The molecule has 2 rings (SSSR count). The van der Waals surface area contributed by atoms with E-state index in [1.165, 1.54) is 43.3 Å². The maximum Gasteiger partial charge on any atom is 0.347 e. The second-order valence-electron chi connectivity index (χ2n) is 5.86. The summed E-state index contributed by atoms with van der Waals surface area (Å²) in [5.74, 6) is -0.787. The molecule has 0 aliphatic carbocycles. The van der Waals surface area contributed by atoms with Gasteiger partial charge in [-0.05, 0) is 36.8 Å². The average molecular weight is 361 g/mol. The van der Waals surface area contributed by atoms with E-state index in [0.29, 0.717) is 11.3 Å². The highest BCUT2D eigenvalue weighted by Gasteiger charge is 2.35. The molecule has 1 atom stereocenters. The third kappa shape index (κ3) is 5.18. The zero-order valence-electron chi connectivity index (χ0n) is 14.1. The van der Waals surface area contributed by atoms with Crippen LogP contribution in [0.3, 0.4) is 0 Å². The molecule has 8 heteroatoms. The molecule has 1 unspecified atom stereocenters. The van der Waals surface area contributed by atoms with E-state index in [0.717, 1.165) is 0 Å². The Kier molecular flexibility index (Phi) is 6.13. The maximum absolute atomic E-state index is 11.6. The molecule has 0 saturated heterocycles. The number of non-ortho nitro benzene ring substituents is 1. The summed E-state index contributed by atoms with van der Waals surface area (Å²) in [6.07, 6.45) is 0.0676. The van der Waals surface area contributed by atoms with Crippen LogP contribution in [0.25, 0.3) is 0 Å². The molecule has 0 saturated carbocycles. The van der Waals surface area contributed by atoms with Crippen LogP contribution >= 0.6 is 0 Å². The lowest BCUT2D eigenvalue weighted by molar-refractivity contribution is -0.384. The van der Waals surface area contributed by atoms with Gasteiger partial charge < -0.3 is 19.7 Å². The normalized spacial score (nSPS) is 13.0. The summed E-state index contributed by atoms with van der Waals surface area (Å²) in [6, 6.07) is 11.8. The van der Waals surface area contributed by atoms with E-state index in [2.05, 4.69) is 0 Å². The number of hydrogen-bond donors (Lipinski definition) is 2. The molecule has 0 fully saturated rings. The summed E-state index contributed by atoms with van der Waals surface area (Å²) in [5.41, 5.74) is -0.924. The van der Waals surface area contributed by atoms with Gasteiger partial charge in [0.05, 0.1) is 18.1 Å². The second kappa shape index (κ2) is 8.30. The zero-order chi connectivity index (χ0) is 19.2. The number of phenolic OH excluding ortho intramolecular Hbond substituents is 1. The van der Waals surface area contributed by atoms with Crippen LogP contribution in [0.1, 0.15) is 18.9 Å². The molecule has 0 radical (unpaired) electrons. The van der Waals surface area contributed by atoms with Crippen LogP contribution in [-0.4, -0.2) is 33.3 Å². The van der Waals surface area contributed by atoms with Crippen LogP contribution in [0.2, 0.25) is 0 Å². The number of aromatic hydroxyl groups is 1. The van der Waals surface area contributed by atoms with Gasteiger partial charge in [0.25, 0.3) is 5.69 Å². The Morgan fingerprint density at radius 3 is 2.54 bits per heavy atom. The van der Waals surface area contributed by atoms with Gasteiger partial charge in [-0.1, -0.05) is 12.1 Å². The summed E-state index contributed by atoms with van der Waals surface area (Å²) in [6.45, 7) is 1.64. The quantitative estimate of drug-likeness (QED) is 0.400. The molecule has 138 valence electrons. The van der Waals surface area contributed by atoms with Crippen molar-refractivity contribution in [1.82, 2.24) is 0 Å². The van der Waals surface area contributed by atoms with Gasteiger partial charge in [0.1, 0.15) is 11.5 Å². The van der Waals surface area contributed by atoms with Crippen molar-refractivity contribution in [2.24, 2.45) is 0 Å². The fourth-order valence-electron chi connectivity index (χ4n) is 2.19. The SMILES string of the molecule is CC(CCOCc1cccc([N+](=O)[O-])c1)(Oc1ccc(O)cc1)C(=O)O. The Hall–Kier alpha value is -3.13. The lowest BCUT2D eigenvalue weighted by atomic mass is 10.0. The van der Waals surface area contributed by atoms with Gasteiger partial charge in [-0.2, -0.15) is 0 Å². The first kappa shape index (κ1) is 19.2. The molecule has 8 nitrogen and oxygen atoms in total. The molecular formula is C18H19NO7. The average Bonchev–Trinajstić information content (AvgIpc) is 2.61. The molecule has 26 heavy (non-hydrogen) atoms.